The summed E-state index contributed by atoms with van der Waals surface area (Å²) in [5.74, 6) is -2.77. The molecule has 1 fully saturated rings. The van der Waals surface area contributed by atoms with E-state index in [9.17, 15) is 13.6 Å². The maximum absolute atomic E-state index is 13.8. The van der Waals surface area contributed by atoms with Gasteiger partial charge in [-0.1, -0.05) is 16.4 Å². The van der Waals surface area contributed by atoms with Crippen molar-refractivity contribution in [3.63, 3.8) is 0 Å². The van der Waals surface area contributed by atoms with Crippen molar-refractivity contribution in [1.82, 2.24) is 25.2 Å². The van der Waals surface area contributed by atoms with Gasteiger partial charge in [0.15, 0.2) is 17.5 Å². The summed E-state index contributed by atoms with van der Waals surface area (Å²) in [5, 5.41) is 7.36. The molecule has 1 aromatic carbocycles. The number of benzene rings is 1. The van der Waals surface area contributed by atoms with Gasteiger partial charge in [-0.15, -0.1) is 0 Å². The van der Waals surface area contributed by atoms with Crippen LogP contribution in [-0.2, 0) is 0 Å². The van der Waals surface area contributed by atoms with E-state index in [2.05, 4.69) is 20.3 Å². The number of likely N-dealkylation sites (tertiary alicyclic amines) is 1. The maximum atomic E-state index is 13.8. The second-order valence-electron chi connectivity index (χ2n) is 5.47. The molecule has 2 aromatic heterocycles. The van der Waals surface area contributed by atoms with Gasteiger partial charge in [-0.3, -0.25) is 4.79 Å². The van der Waals surface area contributed by atoms with Gasteiger partial charge in [0.2, 0.25) is 6.39 Å². The quantitative estimate of drug-likeness (QED) is 0.717. The average molecular weight is 347 g/mol. The van der Waals surface area contributed by atoms with E-state index in [0.717, 1.165) is 12.5 Å². The molecule has 0 bridgehead atoms. The third kappa shape index (κ3) is 2.65. The molecule has 1 atom stereocenters. The molecular formula is C15H11F2N5O3. The summed E-state index contributed by atoms with van der Waals surface area (Å²) < 4.78 is 36.8. The highest BCUT2D eigenvalue weighted by Gasteiger charge is 2.35. The van der Waals surface area contributed by atoms with Gasteiger partial charge < -0.3 is 13.9 Å². The number of carbonyl (C=O) groups is 1. The summed E-state index contributed by atoms with van der Waals surface area (Å²) in [5.41, 5.74) is -0.206. The molecule has 0 spiro atoms. The van der Waals surface area contributed by atoms with Crippen molar-refractivity contribution in [1.29, 1.82) is 0 Å². The summed E-state index contributed by atoms with van der Waals surface area (Å²) in [6.45, 7) is 0.468. The lowest BCUT2D eigenvalue weighted by Crippen LogP contribution is -2.31. The normalized spacial score (nSPS) is 17.2. The van der Waals surface area contributed by atoms with Crippen LogP contribution in [0.3, 0.4) is 0 Å². The van der Waals surface area contributed by atoms with Crippen LogP contribution in [0.2, 0.25) is 0 Å². The molecule has 4 rings (SSSR count). The summed E-state index contributed by atoms with van der Waals surface area (Å²) >= 11 is 0. The molecule has 1 amide bonds. The summed E-state index contributed by atoms with van der Waals surface area (Å²) in [6.07, 6.45) is 2.62. The van der Waals surface area contributed by atoms with Crippen LogP contribution < -0.4 is 0 Å². The zero-order valence-electron chi connectivity index (χ0n) is 12.7. The third-order valence-electron chi connectivity index (χ3n) is 3.99. The van der Waals surface area contributed by atoms with E-state index >= 15 is 0 Å². The van der Waals surface area contributed by atoms with Crippen molar-refractivity contribution in [3.8, 4) is 11.5 Å². The van der Waals surface area contributed by atoms with Crippen molar-refractivity contribution in [2.75, 3.05) is 6.54 Å². The molecule has 25 heavy (non-hydrogen) atoms. The molecule has 10 heteroatoms. The highest BCUT2D eigenvalue weighted by atomic mass is 19.2. The van der Waals surface area contributed by atoms with Crippen molar-refractivity contribution < 1.29 is 22.6 Å². The Kier molecular flexibility index (Phi) is 3.71. The average Bonchev–Trinajstić information content (AvgIpc) is 3.37. The molecular weight excluding hydrogens is 336 g/mol. The van der Waals surface area contributed by atoms with Gasteiger partial charge in [0.1, 0.15) is 0 Å². The first kappa shape index (κ1) is 15.4. The fourth-order valence-electron chi connectivity index (χ4n) is 2.82. The van der Waals surface area contributed by atoms with Gasteiger partial charge in [0.25, 0.3) is 17.6 Å². The molecule has 1 aliphatic heterocycles. The smallest absolute Gasteiger partial charge is 0.295 e. The van der Waals surface area contributed by atoms with Crippen molar-refractivity contribution in [3.05, 3.63) is 47.9 Å². The van der Waals surface area contributed by atoms with Crippen LogP contribution >= 0.6 is 0 Å². The van der Waals surface area contributed by atoms with Gasteiger partial charge >= 0.3 is 0 Å². The van der Waals surface area contributed by atoms with E-state index in [-0.39, 0.29) is 23.3 Å². The molecule has 3 aromatic rings. The van der Waals surface area contributed by atoms with E-state index in [1.54, 1.807) is 0 Å². The second kappa shape index (κ2) is 6.04. The fourth-order valence-corrected chi connectivity index (χ4v) is 2.82. The van der Waals surface area contributed by atoms with Crippen molar-refractivity contribution in [2.45, 2.75) is 18.9 Å². The minimum atomic E-state index is -1.11. The molecule has 1 unspecified atom stereocenters. The molecule has 0 N–H and O–H groups in total. The lowest BCUT2D eigenvalue weighted by atomic mass is 10.2. The minimum Gasteiger partial charge on any atom is -0.343 e. The van der Waals surface area contributed by atoms with E-state index in [0.29, 0.717) is 18.8 Å². The number of amides is 1. The maximum Gasteiger partial charge on any atom is 0.295 e. The zero-order valence-corrected chi connectivity index (χ0v) is 12.7. The van der Waals surface area contributed by atoms with Crippen LogP contribution in [0.4, 0.5) is 8.78 Å². The number of carbonyl (C=O) groups excluding carboxylic acids is 1. The first-order valence-electron chi connectivity index (χ1n) is 7.50. The predicted molar refractivity (Wildman–Crippen MR) is 77.0 cm³/mol. The lowest BCUT2D eigenvalue weighted by Gasteiger charge is -2.20. The van der Waals surface area contributed by atoms with Crippen LogP contribution in [0.25, 0.3) is 11.5 Å². The Bertz CT molecular complexity index is 912. The van der Waals surface area contributed by atoms with Gasteiger partial charge in [-0.25, -0.2) is 8.78 Å². The predicted octanol–water partition coefficient (Wildman–Crippen LogP) is 2.38. The minimum absolute atomic E-state index is 0.206. The third-order valence-corrected chi connectivity index (χ3v) is 3.99. The molecule has 1 aliphatic rings. The lowest BCUT2D eigenvalue weighted by molar-refractivity contribution is 0.0712. The Hall–Kier alpha value is -3.17. The number of halogens is 2. The molecule has 0 aliphatic carbocycles. The molecule has 0 radical (unpaired) electrons. The highest BCUT2D eigenvalue weighted by molar-refractivity contribution is 5.91. The van der Waals surface area contributed by atoms with E-state index in [1.807, 2.05) is 0 Å². The highest BCUT2D eigenvalue weighted by Crippen LogP contribution is 2.31. The number of aromatic nitrogens is 4. The summed E-state index contributed by atoms with van der Waals surface area (Å²) in [7, 11) is 0. The SMILES string of the molecule is O=C(c1noc(-c2cccc(F)c2F)n1)N1CCCC1c1ncon1. The van der Waals surface area contributed by atoms with Crippen LogP contribution in [0.5, 0.6) is 0 Å². The summed E-state index contributed by atoms with van der Waals surface area (Å²) in [4.78, 5) is 22.0. The fraction of sp³-hybridized carbons (Fsp3) is 0.267. The van der Waals surface area contributed by atoms with Crippen LogP contribution in [0.1, 0.15) is 35.3 Å². The molecule has 3 heterocycles. The Morgan fingerprint density at radius 1 is 1.28 bits per heavy atom. The second-order valence-corrected chi connectivity index (χ2v) is 5.47. The Morgan fingerprint density at radius 3 is 2.96 bits per heavy atom. The van der Waals surface area contributed by atoms with Gasteiger partial charge in [-0.05, 0) is 25.0 Å². The first-order chi connectivity index (χ1) is 12.1. The number of hydrogen-bond acceptors (Lipinski definition) is 7. The van der Waals surface area contributed by atoms with Gasteiger partial charge in [-0.2, -0.15) is 9.97 Å². The van der Waals surface area contributed by atoms with Crippen LogP contribution in [-0.4, -0.2) is 37.6 Å². The van der Waals surface area contributed by atoms with Crippen LogP contribution in [0.15, 0.2) is 33.6 Å². The Labute approximate surface area is 139 Å². The van der Waals surface area contributed by atoms with E-state index < -0.39 is 17.5 Å². The molecule has 0 saturated carbocycles. The standard InChI is InChI=1S/C15H11F2N5O3/c16-9-4-1-3-8(11(9)17)14-19-13(21-25-14)15(23)22-6-2-5-10(22)12-18-7-24-20-12/h1,3-4,7,10H,2,5-6H2. The Morgan fingerprint density at radius 2 is 2.16 bits per heavy atom. The molecule has 8 nitrogen and oxygen atoms in total. The van der Waals surface area contributed by atoms with Gasteiger partial charge in [0.05, 0.1) is 11.6 Å². The van der Waals surface area contributed by atoms with Crippen molar-refractivity contribution in [2.24, 2.45) is 0 Å². The monoisotopic (exact) mass is 347 g/mol. The largest absolute Gasteiger partial charge is 0.343 e. The Balaban J connectivity index is 1.61. The number of hydrogen-bond donors (Lipinski definition) is 0. The summed E-state index contributed by atoms with van der Waals surface area (Å²) in [6, 6.07) is 3.23. The molecule has 1 saturated heterocycles. The number of rotatable bonds is 3. The zero-order chi connectivity index (χ0) is 17.4. The topological polar surface area (TPSA) is 98.2 Å². The van der Waals surface area contributed by atoms with Crippen molar-refractivity contribution >= 4 is 5.91 Å². The van der Waals surface area contributed by atoms with Gasteiger partial charge in [0, 0.05) is 6.54 Å². The number of nitrogens with zero attached hydrogens (tertiary/aromatic N) is 5. The van der Waals surface area contributed by atoms with Crippen LogP contribution in [0, 0.1) is 11.6 Å². The first-order valence-corrected chi connectivity index (χ1v) is 7.50. The molecule has 128 valence electrons. The van der Waals surface area contributed by atoms with E-state index in [1.165, 1.54) is 23.4 Å². The van der Waals surface area contributed by atoms with E-state index in [4.69, 9.17) is 9.05 Å².